The van der Waals surface area contributed by atoms with Crippen LogP contribution in [0.4, 0.5) is 5.82 Å². The number of anilines is 1. The Morgan fingerprint density at radius 1 is 1.16 bits per heavy atom. The van der Waals surface area contributed by atoms with Crippen LogP contribution in [0.15, 0.2) is 24.4 Å². The first-order valence-corrected chi connectivity index (χ1v) is 10.7. The molecule has 0 spiro atoms. The molecule has 2 atom stereocenters. The molecule has 0 aromatic carbocycles. The first kappa shape index (κ1) is 20.2. The molecule has 3 nitrogen and oxygen atoms in total. The van der Waals surface area contributed by atoms with E-state index in [0.717, 1.165) is 12.4 Å². The van der Waals surface area contributed by atoms with Gasteiger partial charge in [0.15, 0.2) is 0 Å². The van der Waals surface area contributed by atoms with Crippen molar-refractivity contribution in [1.82, 2.24) is 10.3 Å². The van der Waals surface area contributed by atoms with Crippen LogP contribution in [-0.4, -0.2) is 30.2 Å². The molecule has 1 aliphatic heterocycles. The fourth-order valence-corrected chi connectivity index (χ4v) is 3.93. The van der Waals surface area contributed by atoms with Crippen LogP contribution in [0, 0.1) is 0 Å². The smallest absolute Gasteiger partial charge is 0.128 e. The van der Waals surface area contributed by atoms with Crippen molar-refractivity contribution in [2.24, 2.45) is 0 Å². The molecule has 3 heteroatoms. The zero-order valence-electron chi connectivity index (χ0n) is 16.6. The Balaban J connectivity index is 1.80. The maximum atomic E-state index is 4.64. The molecule has 0 saturated carbocycles. The fourth-order valence-electron chi connectivity index (χ4n) is 3.93. The molecule has 1 fully saturated rings. The molecule has 1 N–H and O–H groups in total. The molecule has 0 amide bonds. The van der Waals surface area contributed by atoms with E-state index in [1.54, 1.807) is 0 Å². The Bertz CT molecular complexity index is 428. The summed E-state index contributed by atoms with van der Waals surface area (Å²) in [5.74, 6) is 1.15. The summed E-state index contributed by atoms with van der Waals surface area (Å²) in [5.41, 5.74) is 0. The van der Waals surface area contributed by atoms with E-state index in [2.05, 4.69) is 41.2 Å². The Labute approximate surface area is 155 Å². The lowest BCUT2D eigenvalue weighted by molar-refractivity contribution is 0.377. The molecule has 142 valence electrons. The molecule has 1 aromatic rings. The van der Waals surface area contributed by atoms with Gasteiger partial charge in [-0.05, 0) is 51.3 Å². The molecule has 2 heterocycles. The normalized spacial score (nSPS) is 18.9. The van der Waals surface area contributed by atoms with Crippen LogP contribution in [0.5, 0.6) is 0 Å². The second-order valence-electron chi connectivity index (χ2n) is 7.72. The van der Waals surface area contributed by atoms with E-state index < -0.39 is 0 Å². The van der Waals surface area contributed by atoms with Crippen LogP contribution in [0.3, 0.4) is 0 Å². The van der Waals surface area contributed by atoms with Crippen molar-refractivity contribution in [2.45, 2.75) is 96.6 Å². The van der Waals surface area contributed by atoms with Gasteiger partial charge < -0.3 is 10.2 Å². The Morgan fingerprint density at radius 3 is 2.72 bits per heavy atom. The summed E-state index contributed by atoms with van der Waals surface area (Å²) in [5, 5.41) is 3.69. The van der Waals surface area contributed by atoms with Gasteiger partial charge in [-0.15, -0.1) is 0 Å². The van der Waals surface area contributed by atoms with Crippen molar-refractivity contribution >= 4 is 5.82 Å². The van der Waals surface area contributed by atoms with Crippen LogP contribution in [0.1, 0.15) is 84.5 Å². The maximum absolute atomic E-state index is 4.64. The Morgan fingerprint density at radius 2 is 2.00 bits per heavy atom. The van der Waals surface area contributed by atoms with Gasteiger partial charge in [-0.25, -0.2) is 4.98 Å². The van der Waals surface area contributed by atoms with Gasteiger partial charge in [0.2, 0.25) is 0 Å². The van der Waals surface area contributed by atoms with Crippen molar-refractivity contribution in [1.29, 1.82) is 0 Å². The van der Waals surface area contributed by atoms with E-state index in [1.807, 2.05) is 12.3 Å². The molecular weight excluding hydrogens is 306 g/mol. The van der Waals surface area contributed by atoms with Crippen molar-refractivity contribution in [2.75, 3.05) is 18.0 Å². The molecule has 1 aliphatic rings. The molecule has 1 aromatic heterocycles. The van der Waals surface area contributed by atoms with Crippen LogP contribution in [0.2, 0.25) is 0 Å². The van der Waals surface area contributed by atoms with Gasteiger partial charge in [0.05, 0.1) is 0 Å². The minimum absolute atomic E-state index is 0.574. The first-order valence-electron chi connectivity index (χ1n) is 10.7. The number of nitrogens with zero attached hydrogens (tertiary/aromatic N) is 2. The standard InChI is InChI=1S/C22H39N3/c1-3-4-5-6-7-8-13-20(2)25(22-15-10-12-18-24-22)19-16-21-14-9-11-17-23-21/h10,12,15,18,20-21,23H,3-9,11,13-14,16-17,19H2,1-2H3. The highest BCUT2D eigenvalue weighted by Gasteiger charge is 2.18. The first-order chi connectivity index (χ1) is 12.3. The lowest BCUT2D eigenvalue weighted by Gasteiger charge is -2.33. The average molecular weight is 346 g/mol. The molecular formula is C22H39N3. The van der Waals surface area contributed by atoms with Gasteiger partial charge in [-0.2, -0.15) is 0 Å². The number of unbranched alkanes of at least 4 members (excludes halogenated alkanes) is 5. The van der Waals surface area contributed by atoms with E-state index in [-0.39, 0.29) is 0 Å². The van der Waals surface area contributed by atoms with Gasteiger partial charge in [0.25, 0.3) is 0 Å². The zero-order chi connectivity index (χ0) is 17.7. The minimum atomic E-state index is 0.574. The Hall–Kier alpha value is -1.09. The largest absolute Gasteiger partial charge is 0.354 e. The summed E-state index contributed by atoms with van der Waals surface area (Å²) in [6.07, 6.45) is 16.8. The van der Waals surface area contributed by atoms with E-state index in [1.165, 1.54) is 77.2 Å². The molecule has 0 aliphatic carbocycles. The molecule has 2 unspecified atom stereocenters. The number of rotatable bonds is 12. The molecule has 0 radical (unpaired) electrons. The molecule has 0 bridgehead atoms. The number of hydrogen-bond acceptors (Lipinski definition) is 3. The monoisotopic (exact) mass is 345 g/mol. The lowest BCUT2D eigenvalue weighted by atomic mass is 10.0. The molecule has 1 saturated heterocycles. The van der Waals surface area contributed by atoms with E-state index in [9.17, 15) is 0 Å². The zero-order valence-corrected chi connectivity index (χ0v) is 16.6. The second kappa shape index (κ2) is 12.3. The highest BCUT2D eigenvalue weighted by Crippen LogP contribution is 2.20. The van der Waals surface area contributed by atoms with Crippen LogP contribution in [-0.2, 0) is 0 Å². The molecule has 2 rings (SSSR count). The third-order valence-corrected chi connectivity index (χ3v) is 5.58. The van der Waals surface area contributed by atoms with Crippen molar-refractivity contribution in [3.05, 3.63) is 24.4 Å². The van der Waals surface area contributed by atoms with Gasteiger partial charge in [0, 0.05) is 24.8 Å². The van der Waals surface area contributed by atoms with Crippen LogP contribution in [0.25, 0.3) is 0 Å². The third kappa shape index (κ3) is 7.77. The SMILES string of the molecule is CCCCCCCCC(C)N(CCC1CCCCN1)c1ccccn1. The van der Waals surface area contributed by atoms with Crippen molar-refractivity contribution < 1.29 is 0 Å². The van der Waals surface area contributed by atoms with E-state index in [4.69, 9.17) is 0 Å². The van der Waals surface area contributed by atoms with Gasteiger partial charge in [-0.3, -0.25) is 0 Å². The average Bonchev–Trinajstić information content (AvgIpc) is 2.66. The van der Waals surface area contributed by atoms with Gasteiger partial charge >= 0.3 is 0 Å². The molecule has 25 heavy (non-hydrogen) atoms. The minimum Gasteiger partial charge on any atom is -0.354 e. The highest BCUT2D eigenvalue weighted by molar-refractivity contribution is 5.38. The quantitative estimate of drug-likeness (QED) is 0.503. The van der Waals surface area contributed by atoms with Gasteiger partial charge in [-0.1, -0.05) is 57.9 Å². The van der Waals surface area contributed by atoms with E-state index >= 15 is 0 Å². The lowest BCUT2D eigenvalue weighted by Crippen LogP contribution is -2.40. The third-order valence-electron chi connectivity index (χ3n) is 5.58. The predicted molar refractivity (Wildman–Crippen MR) is 109 cm³/mol. The number of aromatic nitrogens is 1. The van der Waals surface area contributed by atoms with Crippen LogP contribution >= 0.6 is 0 Å². The van der Waals surface area contributed by atoms with E-state index in [0.29, 0.717) is 12.1 Å². The van der Waals surface area contributed by atoms with Crippen molar-refractivity contribution in [3.63, 3.8) is 0 Å². The second-order valence-corrected chi connectivity index (χ2v) is 7.72. The van der Waals surface area contributed by atoms with Crippen molar-refractivity contribution in [3.8, 4) is 0 Å². The summed E-state index contributed by atoms with van der Waals surface area (Å²) in [7, 11) is 0. The summed E-state index contributed by atoms with van der Waals surface area (Å²) in [6, 6.07) is 7.58. The summed E-state index contributed by atoms with van der Waals surface area (Å²) in [4.78, 5) is 7.18. The topological polar surface area (TPSA) is 28.2 Å². The highest BCUT2D eigenvalue weighted by atomic mass is 15.2. The number of hydrogen-bond donors (Lipinski definition) is 1. The number of piperidine rings is 1. The van der Waals surface area contributed by atoms with Crippen LogP contribution < -0.4 is 10.2 Å². The fraction of sp³-hybridized carbons (Fsp3) is 0.773. The summed E-state index contributed by atoms with van der Waals surface area (Å²) < 4.78 is 0. The predicted octanol–water partition coefficient (Wildman–Crippen LogP) is 5.56. The Kier molecular flexibility index (Phi) is 9.95. The summed E-state index contributed by atoms with van der Waals surface area (Å²) >= 11 is 0. The number of nitrogens with one attached hydrogen (secondary N) is 1. The van der Waals surface area contributed by atoms with Gasteiger partial charge in [0.1, 0.15) is 5.82 Å². The maximum Gasteiger partial charge on any atom is 0.128 e. The summed E-state index contributed by atoms with van der Waals surface area (Å²) in [6.45, 7) is 6.98. The number of pyridine rings is 1.